The summed E-state index contributed by atoms with van der Waals surface area (Å²) >= 11 is 0. The molecule has 1 aliphatic heterocycles. The average Bonchev–Trinajstić information content (AvgIpc) is 2.47. The van der Waals surface area contributed by atoms with E-state index in [1.165, 1.54) is 6.07 Å². The van der Waals surface area contributed by atoms with Gasteiger partial charge in [0, 0.05) is 32.7 Å². The van der Waals surface area contributed by atoms with E-state index in [0.29, 0.717) is 31.4 Å². The largest absolute Gasteiger partial charge is 0.433 e. The second kappa shape index (κ2) is 6.62. The molecule has 7 heteroatoms. The molecule has 1 unspecified atom stereocenters. The Balaban J connectivity index is 1.96. The Morgan fingerprint density at radius 3 is 2.48 bits per heavy atom. The molecule has 1 aromatic heterocycles. The normalized spacial score (nSPS) is 18.8. The van der Waals surface area contributed by atoms with Crippen LogP contribution >= 0.6 is 0 Å². The molecule has 21 heavy (non-hydrogen) atoms. The highest BCUT2D eigenvalue weighted by Gasteiger charge is 2.33. The predicted molar refractivity (Wildman–Crippen MR) is 76.1 cm³/mol. The summed E-state index contributed by atoms with van der Waals surface area (Å²) in [6.45, 7) is 6.69. The lowest BCUT2D eigenvalue weighted by molar-refractivity contribution is -0.141. The Morgan fingerprint density at radius 2 is 1.90 bits per heavy atom. The number of hydrogen-bond acceptors (Lipinski definition) is 4. The Bertz CT molecular complexity index is 456. The summed E-state index contributed by atoms with van der Waals surface area (Å²) in [7, 11) is 0. The van der Waals surface area contributed by atoms with Crippen LogP contribution in [0.2, 0.25) is 0 Å². The maximum atomic E-state index is 12.7. The molecule has 2 rings (SSSR count). The van der Waals surface area contributed by atoms with Crippen molar-refractivity contribution < 1.29 is 13.2 Å². The molecule has 1 atom stereocenters. The van der Waals surface area contributed by atoms with Gasteiger partial charge in [0.25, 0.3) is 0 Å². The van der Waals surface area contributed by atoms with E-state index in [2.05, 4.69) is 16.8 Å². The van der Waals surface area contributed by atoms with Crippen molar-refractivity contribution in [2.45, 2.75) is 13.1 Å². The smallest absolute Gasteiger partial charge is 0.354 e. The van der Waals surface area contributed by atoms with Crippen LogP contribution in [0.15, 0.2) is 18.2 Å². The standard InChI is InChI=1S/C14H21F3N4/c1-11(9-18)10-20-5-7-21(8-6-20)13-4-2-3-12(19-13)14(15,16)17/h2-4,11H,5-10,18H2,1H3. The molecule has 118 valence electrons. The summed E-state index contributed by atoms with van der Waals surface area (Å²) in [5, 5.41) is 0. The summed E-state index contributed by atoms with van der Waals surface area (Å²) < 4.78 is 38.0. The number of anilines is 1. The van der Waals surface area contributed by atoms with Crippen LogP contribution in [0.4, 0.5) is 19.0 Å². The van der Waals surface area contributed by atoms with Gasteiger partial charge in [-0.3, -0.25) is 4.90 Å². The van der Waals surface area contributed by atoms with E-state index < -0.39 is 11.9 Å². The quantitative estimate of drug-likeness (QED) is 0.921. The van der Waals surface area contributed by atoms with Gasteiger partial charge in [-0.15, -0.1) is 0 Å². The van der Waals surface area contributed by atoms with Crippen LogP contribution < -0.4 is 10.6 Å². The monoisotopic (exact) mass is 302 g/mol. The first kappa shape index (κ1) is 16.0. The third-order valence-electron chi connectivity index (χ3n) is 3.69. The Morgan fingerprint density at radius 1 is 1.24 bits per heavy atom. The van der Waals surface area contributed by atoms with Crippen molar-refractivity contribution in [1.29, 1.82) is 0 Å². The van der Waals surface area contributed by atoms with E-state index in [4.69, 9.17) is 5.73 Å². The highest BCUT2D eigenvalue weighted by Crippen LogP contribution is 2.29. The van der Waals surface area contributed by atoms with Crippen molar-refractivity contribution in [3.8, 4) is 0 Å². The summed E-state index contributed by atoms with van der Waals surface area (Å²) in [5.41, 5.74) is 4.78. The van der Waals surface area contributed by atoms with Gasteiger partial charge in [0.05, 0.1) is 0 Å². The zero-order valence-electron chi connectivity index (χ0n) is 12.1. The van der Waals surface area contributed by atoms with Crippen molar-refractivity contribution in [3.63, 3.8) is 0 Å². The fraction of sp³-hybridized carbons (Fsp3) is 0.643. The van der Waals surface area contributed by atoms with Crippen LogP contribution in [0.3, 0.4) is 0 Å². The molecule has 0 amide bonds. The summed E-state index contributed by atoms with van der Waals surface area (Å²) in [4.78, 5) is 7.93. The number of nitrogens with two attached hydrogens (primary N) is 1. The molecule has 1 aliphatic rings. The molecule has 0 aliphatic carbocycles. The first-order valence-electron chi connectivity index (χ1n) is 7.12. The van der Waals surface area contributed by atoms with Crippen LogP contribution in [-0.2, 0) is 6.18 Å². The van der Waals surface area contributed by atoms with Crippen LogP contribution in [0.5, 0.6) is 0 Å². The SMILES string of the molecule is CC(CN)CN1CCN(c2cccc(C(F)(F)F)n2)CC1. The van der Waals surface area contributed by atoms with E-state index >= 15 is 0 Å². The first-order valence-corrected chi connectivity index (χ1v) is 7.12. The Hall–Kier alpha value is -1.34. The molecule has 0 bridgehead atoms. The van der Waals surface area contributed by atoms with Crippen LogP contribution in [0.25, 0.3) is 0 Å². The van der Waals surface area contributed by atoms with Gasteiger partial charge in [0.2, 0.25) is 0 Å². The van der Waals surface area contributed by atoms with E-state index in [0.717, 1.165) is 25.7 Å². The molecule has 0 saturated carbocycles. The molecule has 1 saturated heterocycles. The highest BCUT2D eigenvalue weighted by atomic mass is 19.4. The predicted octanol–water partition coefficient (Wildman–Crippen LogP) is 1.82. The molecule has 1 fully saturated rings. The Kier molecular flexibility index (Phi) is 5.05. The van der Waals surface area contributed by atoms with Gasteiger partial charge < -0.3 is 10.6 Å². The highest BCUT2D eigenvalue weighted by molar-refractivity contribution is 5.40. The number of pyridine rings is 1. The maximum absolute atomic E-state index is 12.7. The number of alkyl halides is 3. The van der Waals surface area contributed by atoms with Crippen LogP contribution in [-0.4, -0.2) is 49.2 Å². The number of hydrogen-bond donors (Lipinski definition) is 1. The van der Waals surface area contributed by atoms with E-state index in [1.54, 1.807) is 6.07 Å². The topological polar surface area (TPSA) is 45.4 Å². The molecule has 2 heterocycles. The molecule has 1 aromatic rings. The zero-order valence-corrected chi connectivity index (χ0v) is 12.1. The third kappa shape index (κ3) is 4.31. The molecule has 0 spiro atoms. The first-order chi connectivity index (χ1) is 9.90. The summed E-state index contributed by atoms with van der Waals surface area (Å²) in [5.74, 6) is 0.833. The molecule has 4 nitrogen and oxygen atoms in total. The van der Waals surface area contributed by atoms with E-state index in [9.17, 15) is 13.2 Å². The zero-order chi connectivity index (χ0) is 15.5. The molecular weight excluding hydrogens is 281 g/mol. The lowest BCUT2D eigenvalue weighted by atomic mass is 10.1. The number of rotatable bonds is 4. The second-order valence-corrected chi connectivity index (χ2v) is 5.51. The van der Waals surface area contributed by atoms with Gasteiger partial charge >= 0.3 is 6.18 Å². The van der Waals surface area contributed by atoms with Gasteiger partial charge in [-0.1, -0.05) is 13.0 Å². The lowest BCUT2D eigenvalue weighted by Gasteiger charge is -2.36. The van der Waals surface area contributed by atoms with Crippen molar-refractivity contribution in [2.24, 2.45) is 11.7 Å². The van der Waals surface area contributed by atoms with Crippen LogP contribution in [0, 0.1) is 5.92 Å². The summed E-state index contributed by atoms with van der Waals surface area (Å²) in [6, 6.07) is 4.05. The van der Waals surface area contributed by atoms with Crippen molar-refractivity contribution >= 4 is 5.82 Å². The minimum absolute atomic E-state index is 0.399. The van der Waals surface area contributed by atoms with Gasteiger partial charge in [0.1, 0.15) is 11.5 Å². The van der Waals surface area contributed by atoms with Gasteiger partial charge in [0.15, 0.2) is 0 Å². The third-order valence-corrected chi connectivity index (χ3v) is 3.69. The fourth-order valence-electron chi connectivity index (χ4n) is 2.43. The van der Waals surface area contributed by atoms with Crippen molar-refractivity contribution in [2.75, 3.05) is 44.2 Å². The van der Waals surface area contributed by atoms with E-state index in [1.807, 2.05) is 4.90 Å². The number of aromatic nitrogens is 1. The minimum Gasteiger partial charge on any atom is -0.354 e. The van der Waals surface area contributed by atoms with Crippen LogP contribution in [0.1, 0.15) is 12.6 Å². The van der Waals surface area contributed by atoms with Crippen molar-refractivity contribution in [1.82, 2.24) is 9.88 Å². The minimum atomic E-state index is -4.39. The van der Waals surface area contributed by atoms with Gasteiger partial charge in [-0.25, -0.2) is 4.98 Å². The van der Waals surface area contributed by atoms with Gasteiger partial charge in [-0.05, 0) is 24.6 Å². The molecule has 0 aromatic carbocycles. The molecular formula is C14H21F3N4. The maximum Gasteiger partial charge on any atom is 0.433 e. The fourth-order valence-corrected chi connectivity index (χ4v) is 2.43. The average molecular weight is 302 g/mol. The van der Waals surface area contributed by atoms with E-state index in [-0.39, 0.29) is 0 Å². The summed E-state index contributed by atoms with van der Waals surface area (Å²) in [6.07, 6.45) is -4.39. The Labute approximate surface area is 122 Å². The molecule has 2 N–H and O–H groups in total. The van der Waals surface area contributed by atoms with Gasteiger partial charge in [-0.2, -0.15) is 13.2 Å². The number of piperazine rings is 1. The number of nitrogens with zero attached hydrogens (tertiary/aromatic N) is 3. The number of halogens is 3. The lowest BCUT2D eigenvalue weighted by Crippen LogP contribution is -2.48. The second-order valence-electron chi connectivity index (χ2n) is 5.51. The van der Waals surface area contributed by atoms with Crippen molar-refractivity contribution in [3.05, 3.63) is 23.9 Å². The molecule has 0 radical (unpaired) electrons.